The van der Waals surface area contributed by atoms with E-state index in [9.17, 15) is 0 Å². The predicted octanol–water partition coefficient (Wildman–Crippen LogP) is 4.15. The highest BCUT2D eigenvalue weighted by atomic mass is 15.2. The standard InChI is InChI=1S/C19H30N2/c1-14(2)13-19(9-5-6-10-19)18(21-20)12-16-11-15-7-3-4-8-17(15)16/h3-4,7-8,14,16,18,21H,5-6,9-13,20H2,1-2H3. The zero-order valence-electron chi connectivity index (χ0n) is 13.6. The Morgan fingerprint density at radius 3 is 2.57 bits per heavy atom. The summed E-state index contributed by atoms with van der Waals surface area (Å²) in [6.45, 7) is 4.71. The number of nitrogens with two attached hydrogens (primary N) is 1. The molecule has 3 rings (SSSR count). The van der Waals surface area contributed by atoms with E-state index in [-0.39, 0.29) is 0 Å². The summed E-state index contributed by atoms with van der Waals surface area (Å²) in [4.78, 5) is 0. The third-order valence-electron chi connectivity index (χ3n) is 5.84. The molecule has 2 aliphatic carbocycles. The van der Waals surface area contributed by atoms with Crippen molar-refractivity contribution in [3.8, 4) is 0 Å². The van der Waals surface area contributed by atoms with Crippen LogP contribution >= 0.6 is 0 Å². The second kappa shape index (κ2) is 6.10. The third-order valence-corrected chi connectivity index (χ3v) is 5.84. The Hall–Kier alpha value is -0.860. The molecule has 0 radical (unpaired) electrons. The van der Waals surface area contributed by atoms with Crippen molar-refractivity contribution in [3.63, 3.8) is 0 Å². The van der Waals surface area contributed by atoms with E-state index in [4.69, 9.17) is 5.84 Å². The molecule has 0 amide bonds. The van der Waals surface area contributed by atoms with Crippen LogP contribution in [0, 0.1) is 11.3 Å². The number of hydrogen-bond acceptors (Lipinski definition) is 2. The van der Waals surface area contributed by atoms with Crippen LogP contribution < -0.4 is 11.3 Å². The molecule has 2 heteroatoms. The molecule has 0 saturated heterocycles. The van der Waals surface area contributed by atoms with Gasteiger partial charge in [-0.15, -0.1) is 0 Å². The van der Waals surface area contributed by atoms with Gasteiger partial charge in [-0.3, -0.25) is 11.3 Å². The molecule has 0 spiro atoms. The Morgan fingerprint density at radius 1 is 1.24 bits per heavy atom. The molecule has 116 valence electrons. The number of nitrogens with one attached hydrogen (secondary N) is 1. The number of benzene rings is 1. The highest BCUT2D eigenvalue weighted by molar-refractivity contribution is 5.40. The average molecular weight is 286 g/mol. The number of fused-ring (bicyclic) bond motifs is 1. The summed E-state index contributed by atoms with van der Waals surface area (Å²) < 4.78 is 0. The molecule has 2 aliphatic rings. The van der Waals surface area contributed by atoms with Crippen molar-refractivity contribution in [2.75, 3.05) is 0 Å². The van der Waals surface area contributed by atoms with Gasteiger partial charge in [-0.2, -0.15) is 0 Å². The van der Waals surface area contributed by atoms with Gasteiger partial charge >= 0.3 is 0 Å². The first-order valence-electron chi connectivity index (χ1n) is 8.68. The van der Waals surface area contributed by atoms with Gasteiger partial charge in [-0.1, -0.05) is 51.0 Å². The third kappa shape index (κ3) is 2.89. The van der Waals surface area contributed by atoms with Gasteiger partial charge in [0.25, 0.3) is 0 Å². The minimum Gasteiger partial charge on any atom is -0.271 e. The topological polar surface area (TPSA) is 38.0 Å². The van der Waals surface area contributed by atoms with Gasteiger partial charge in [0.1, 0.15) is 0 Å². The molecular weight excluding hydrogens is 256 g/mol. The maximum atomic E-state index is 6.01. The van der Waals surface area contributed by atoms with E-state index < -0.39 is 0 Å². The molecule has 1 saturated carbocycles. The van der Waals surface area contributed by atoms with Crippen molar-refractivity contribution in [2.24, 2.45) is 17.2 Å². The van der Waals surface area contributed by atoms with E-state index in [1.807, 2.05) is 0 Å². The van der Waals surface area contributed by atoms with Gasteiger partial charge in [0, 0.05) is 6.04 Å². The zero-order valence-corrected chi connectivity index (χ0v) is 13.6. The van der Waals surface area contributed by atoms with Gasteiger partial charge in [0.05, 0.1) is 0 Å². The van der Waals surface area contributed by atoms with Gasteiger partial charge in [0.2, 0.25) is 0 Å². The van der Waals surface area contributed by atoms with E-state index in [2.05, 4.69) is 43.5 Å². The summed E-state index contributed by atoms with van der Waals surface area (Å²) in [5.41, 5.74) is 6.77. The molecule has 2 unspecified atom stereocenters. The SMILES string of the molecule is CC(C)CC1(C(CC2Cc3ccccc32)NN)CCCC1. The van der Waals surface area contributed by atoms with Crippen LogP contribution in [-0.2, 0) is 6.42 Å². The maximum Gasteiger partial charge on any atom is 0.0272 e. The molecule has 0 heterocycles. The minimum atomic E-state index is 0.438. The van der Waals surface area contributed by atoms with Crippen LogP contribution in [0.5, 0.6) is 0 Å². The molecule has 1 aromatic carbocycles. The Balaban J connectivity index is 1.73. The van der Waals surface area contributed by atoms with Gasteiger partial charge < -0.3 is 0 Å². The van der Waals surface area contributed by atoms with E-state index in [1.54, 1.807) is 11.1 Å². The van der Waals surface area contributed by atoms with Crippen molar-refractivity contribution < 1.29 is 0 Å². The van der Waals surface area contributed by atoms with Crippen molar-refractivity contribution in [2.45, 2.75) is 70.8 Å². The average Bonchev–Trinajstić information content (AvgIpc) is 2.88. The van der Waals surface area contributed by atoms with Gasteiger partial charge in [-0.05, 0) is 60.5 Å². The summed E-state index contributed by atoms with van der Waals surface area (Å²) in [5.74, 6) is 7.48. The molecule has 2 nitrogen and oxygen atoms in total. The molecule has 1 aromatic rings. The van der Waals surface area contributed by atoms with Crippen molar-refractivity contribution in [1.29, 1.82) is 0 Å². The first kappa shape index (κ1) is 15.1. The first-order valence-corrected chi connectivity index (χ1v) is 8.68. The fourth-order valence-electron chi connectivity index (χ4n) is 4.94. The Kier molecular flexibility index (Phi) is 4.37. The van der Waals surface area contributed by atoms with Crippen LogP contribution in [0.1, 0.15) is 69.4 Å². The van der Waals surface area contributed by atoms with E-state index in [0.717, 1.165) is 5.92 Å². The van der Waals surface area contributed by atoms with E-state index in [1.165, 1.54) is 44.9 Å². The van der Waals surface area contributed by atoms with Crippen LogP contribution in [0.3, 0.4) is 0 Å². The second-order valence-corrected chi connectivity index (χ2v) is 7.72. The fraction of sp³-hybridized carbons (Fsp3) is 0.684. The summed E-state index contributed by atoms with van der Waals surface area (Å²) in [5, 5.41) is 0. The van der Waals surface area contributed by atoms with Crippen LogP contribution in [0.4, 0.5) is 0 Å². The lowest BCUT2D eigenvalue weighted by Crippen LogP contribution is -2.49. The highest BCUT2D eigenvalue weighted by Gasteiger charge is 2.43. The summed E-state index contributed by atoms with van der Waals surface area (Å²) in [6, 6.07) is 9.39. The Labute approximate surface area is 129 Å². The molecule has 3 N–H and O–H groups in total. The number of rotatable bonds is 6. The lowest BCUT2D eigenvalue weighted by molar-refractivity contribution is 0.139. The van der Waals surface area contributed by atoms with Gasteiger partial charge in [-0.25, -0.2) is 0 Å². The molecule has 0 aromatic heterocycles. The zero-order chi connectivity index (χ0) is 14.9. The van der Waals surface area contributed by atoms with Crippen LogP contribution in [-0.4, -0.2) is 6.04 Å². The largest absolute Gasteiger partial charge is 0.271 e. The fourth-order valence-corrected chi connectivity index (χ4v) is 4.94. The quantitative estimate of drug-likeness (QED) is 0.609. The number of hydrogen-bond donors (Lipinski definition) is 2. The van der Waals surface area contributed by atoms with Crippen molar-refractivity contribution in [3.05, 3.63) is 35.4 Å². The van der Waals surface area contributed by atoms with Crippen LogP contribution in [0.15, 0.2) is 24.3 Å². The maximum absolute atomic E-state index is 6.01. The van der Waals surface area contributed by atoms with Crippen LogP contribution in [0.25, 0.3) is 0 Å². The molecular formula is C19H30N2. The highest BCUT2D eigenvalue weighted by Crippen LogP contribution is 2.49. The summed E-state index contributed by atoms with van der Waals surface area (Å²) in [7, 11) is 0. The molecule has 2 atom stereocenters. The van der Waals surface area contributed by atoms with E-state index >= 15 is 0 Å². The molecule has 0 bridgehead atoms. The lowest BCUT2D eigenvalue weighted by atomic mass is 9.66. The first-order chi connectivity index (χ1) is 10.1. The van der Waals surface area contributed by atoms with Crippen LogP contribution in [0.2, 0.25) is 0 Å². The lowest BCUT2D eigenvalue weighted by Gasteiger charge is -2.42. The summed E-state index contributed by atoms with van der Waals surface area (Å²) in [6.07, 6.45) is 9.24. The van der Waals surface area contributed by atoms with E-state index in [0.29, 0.717) is 17.4 Å². The van der Waals surface area contributed by atoms with Crippen molar-refractivity contribution >= 4 is 0 Å². The predicted molar refractivity (Wildman–Crippen MR) is 89.0 cm³/mol. The van der Waals surface area contributed by atoms with Gasteiger partial charge in [0.15, 0.2) is 0 Å². The molecule has 0 aliphatic heterocycles. The Bertz CT molecular complexity index is 474. The minimum absolute atomic E-state index is 0.438. The monoisotopic (exact) mass is 286 g/mol. The smallest absolute Gasteiger partial charge is 0.0272 e. The normalized spacial score (nSPS) is 24.7. The second-order valence-electron chi connectivity index (χ2n) is 7.72. The summed E-state index contributed by atoms with van der Waals surface area (Å²) >= 11 is 0. The van der Waals surface area contributed by atoms with Crippen molar-refractivity contribution in [1.82, 2.24) is 5.43 Å². The Morgan fingerprint density at radius 2 is 1.95 bits per heavy atom. The number of hydrazine groups is 1. The molecule has 1 fully saturated rings. The molecule has 21 heavy (non-hydrogen) atoms.